The van der Waals surface area contributed by atoms with Crippen LogP contribution in [0.25, 0.3) is 0 Å². The average molecular weight is 470 g/mol. The molecule has 0 aliphatic carbocycles. The van der Waals surface area contributed by atoms with Gasteiger partial charge in [-0.3, -0.25) is 4.99 Å². The van der Waals surface area contributed by atoms with Crippen LogP contribution >= 0.6 is 35.6 Å². The van der Waals surface area contributed by atoms with E-state index in [2.05, 4.69) is 22.5 Å². The van der Waals surface area contributed by atoms with Crippen molar-refractivity contribution in [3.05, 3.63) is 29.3 Å². The van der Waals surface area contributed by atoms with Gasteiger partial charge in [0, 0.05) is 19.7 Å². The molecule has 0 aliphatic heterocycles. The molecular weight excluding hydrogens is 441 g/mol. The van der Waals surface area contributed by atoms with Crippen molar-refractivity contribution in [2.24, 2.45) is 10.9 Å². The van der Waals surface area contributed by atoms with Crippen molar-refractivity contribution >= 4 is 41.5 Å². The highest BCUT2D eigenvalue weighted by molar-refractivity contribution is 14.0. The van der Waals surface area contributed by atoms with Gasteiger partial charge in [-0.2, -0.15) is 0 Å². The standard InChI is InChI=1S/C17H28ClN3O2.HI/c1-4-14(23-16-9-7-6-8-15(16)18)11-21-17(19-5-2)20-10-13(3)12-22;/h6-9,13-14,22H,4-5,10-12H2,1-3H3,(H2,19,20,21);1H. The van der Waals surface area contributed by atoms with Crippen LogP contribution in [0.1, 0.15) is 27.2 Å². The molecule has 138 valence electrons. The summed E-state index contributed by atoms with van der Waals surface area (Å²) in [4.78, 5) is 4.47. The zero-order chi connectivity index (χ0) is 17.1. The van der Waals surface area contributed by atoms with Crippen molar-refractivity contribution in [2.75, 3.05) is 26.2 Å². The molecule has 2 atom stereocenters. The first-order valence-corrected chi connectivity index (χ1v) is 8.52. The minimum absolute atomic E-state index is 0. The maximum Gasteiger partial charge on any atom is 0.191 e. The number of hydrogen-bond donors (Lipinski definition) is 3. The van der Waals surface area contributed by atoms with Gasteiger partial charge in [-0.15, -0.1) is 24.0 Å². The SMILES string of the molecule is CCNC(=NCC(C)CO)NCC(CC)Oc1ccccc1Cl.I. The molecular formula is C17H29ClIN3O2. The predicted molar refractivity (Wildman–Crippen MR) is 112 cm³/mol. The summed E-state index contributed by atoms with van der Waals surface area (Å²) >= 11 is 6.13. The van der Waals surface area contributed by atoms with Crippen molar-refractivity contribution in [1.82, 2.24) is 10.6 Å². The summed E-state index contributed by atoms with van der Waals surface area (Å²) in [6, 6.07) is 7.47. The molecule has 3 N–H and O–H groups in total. The number of para-hydroxylation sites is 1. The molecule has 1 aromatic rings. The fraction of sp³-hybridized carbons (Fsp3) is 0.588. The lowest BCUT2D eigenvalue weighted by Gasteiger charge is -2.20. The van der Waals surface area contributed by atoms with Crippen molar-refractivity contribution < 1.29 is 9.84 Å². The van der Waals surface area contributed by atoms with E-state index in [9.17, 15) is 0 Å². The molecule has 0 spiro atoms. The molecule has 7 heteroatoms. The van der Waals surface area contributed by atoms with Crippen LogP contribution in [-0.2, 0) is 0 Å². The van der Waals surface area contributed by atoms with Gasteiger partial charge >= 0.3 is 0 Å². The molecule has 0 saturated carbocycles. The van der Waals surface area contributed by atoms with Crippen LogP contribution in [0.4, 0.5) is 0 Å². The Morgan fingerprint density at radius 1 is 1.29 bits per heavy atom. The Balaban J connectivity index is 0.00000529. The highest BCUT2D eigenvalue weighted by Crippen LogP contribution is 2.24. The number of nitrogens with one attached hydrogen (secondary N) is 2. The Labute approximate surface area is 167 Å². The summed E-state index contributed by atoms with van der Waals surface area (Å²) in [5.41, 5.74) is 0. The van der Waals surface area contributed by atoms with Crippen molar-refractivity contribution in [1.29, 1.82) is 0 Å². The van der Waals surface area contributed by atoms with Crippen LogP contribution in [0, 0.1) is 5.92 Å². The van der Waals surface area contributed by atoms with E-state index in [-0.39, 0.29) is 42.6 Å². The maximum absolute atomic E-state index is 9.08. The molecule has 0 aromatic heterocycles. The second-order valence-electron chi connectivity index (χ2n) is 5.47. The van der Waals surface area contributed by atoms with E-state index in [0.29, 0.717) is 23.9 Å². The minimum Gasteiger partial charge on any atom is -0.487 e. The van der Waals surface area contributed by atoms with E-state index in [4.69, 9.17) is 21.4 Å². The topological polar surface area (TPSA) is 65.9 Å². The van der Waals surface area contributed by atoms with E-state index in [1.165, 1.54) is 0 Å². The Morgan fingerprint density at radius 3 is 2.58 bits per heavy atom. The molecule has 0 amide bonds. The van der Waals surface area contributed by atoms with E-state index in [1.807, 2.05) is 38.1 Å². The van der Waals surface area contributed by atoms with Gasteiger partial charge in [0.2, 0.25) is 0 Å². The van der Waals surface area contributed by atoms with Crippen LogP contribution in [0.5, 0.6) is 5.75 Å². The molecule has 1 rings (SSSR count). The normalized spacial score (nSPS) is 13.6. The number of ether oxygens (including phenoxy) is 1. The monoisotopic (exact) mass is 469 g/mol. The third-order valence-electron chi connectivity index (χ3n) is 3.30. The first kappa shape index (κ1) is 23.3. The van der Waals surface area contributed by atoms with E-state index < -0.39 is 0 Å². The lowest BCUT2D eigenvalue weighted by molar-refractivity contribution is 0.199. The number of aliphatic hydroxyl groups excluding tert-OH is 1. The van der Waals surface area contributed by atoms with E-state index in [1.54, 1.807) is 0 Å². The summed E-state index contributed by atoms with van der Waals surface area (Å²) in [6.07, 6.45) is 0.846. The second kappa shape index (κ2) is 13.5. The quantitative estimate of drug-likeness (QED) is 0.295. The average Bonchev–Trinajstić information content (AvgIpc) is 2.57. The third kappa shape index (κ3) is 8.94. The van der Waals surface area contributed by atoms with E-state index in [0.717, 1.165) is 18.9 Å². The van der Waals surface area contributed by atoms with E-state index >= 15 is 0 Å². The molecule has 0 aliphatic rings. The van der Waals surface area contributed by atoms with Crippen LogP contribution in [0.3, 0.4) is 0 Å². The summed E-state index contributed by atoms with van der Waals surface area (Å²) < 4.78 is 5.95. The van der Waals surface area contributed by atoms with Crippen molar-refractivity contribution in [2.45, 2.75) is 33.3 Å². The highest BCUT2D eigenvalue weighted by atomic mass is 127. The number of nitrogens with zero attached hydrogens (tertiary/aromatic N) is 1. The lowest BCUT2D eigenvalue weighted by Crippen LogP contribution is -2.42. The zero-order valence-electron chi connectivity index (χ0n) is 14.6. The van der Waals surface area contributed by atoms with Gasteiger partial charge in [0.15, 0.2) is 5.96 Å². The number of rotatable bonds is 9. The van der Waals surface area contributed by atoms with Crippen LogP contribution in [-0.4, -0.2) is 43.4 Å². The largest absolute Gasteiger partial charge is 0.487 e. The zero-order valence-corrected chi connectivity index (χ0v) is 17.7. The third-order valence-corrected chi connectivity index (χ3v) is 3.61. The number of benzene rings is 1. The molecule has 0 radical (unpaired) electrons. The lowest BCUT2D eigenvalue weighted by atomic mass is 10.2. The predicted octanol–water partition coefficient (Wildman–Crippen LogP) is 3.30. The van der Waals surface area contributed by atoms with Crippen molar-refractivity contribution in [3.8, 4) is 5.75 Å². The molecule has 2 unspecified atom stereocenters. The number of aliphatic hydroxyl groups is 1. The Hall–Kier alpha value is -0.730. The number of halogens is 2. The first-order chi connectivity index (χ1) is 11.1. The van der Waals surface area contributed by atoms with Crippen LogP contribution < -0.4 is 15.4 Å². The summed E-state index contributed by atoms with van der Waals surface area (Å²) in [5, 5.41) is 16.2. The van der Waals surface area contributed by atoms with Crippen LogP contribution in [0.2, 0.25) is 5.02 Å². The van der Waals surface area contributed by atoms with Crippen LogP contribution in [0.15, 0.2) is 29.3 Å². The Kier molecular flexibility index (Phi) is 13.1. The van der Waals surface area contributed by atoms with Gasteiger partial charge in [0.05, 0.1) is 11.6 Å². The molecule has 0 bridgehead atoms. The molecule has 5 nitrogen and oxygen atoms in total. The number of aliphatic imine (C=N–C) groups is 1. The highest BCUT2D eigenvalue weighted by Gasteiger charge is 2.11. The molecule has 24 heavy (non-hydrogen) atoms. The Morgan fingerprint density at radius 2 is 2.00 bits per heavy atom. The van der Waals surface area contributed by atoms with Gasteiger partial charge in [0.25, 0.3) is 0 Å². The Bertz CT molecular complexity index is 489. The summed E-state index contributed by atoms with van der Waals surface area (Å²) in [5.74, 6) is 1.57. The van der Waals surface area contributed by atoms with Gasteiger partial charge in [-0.05, 0) is 31.4 Å². The maximum atomic E-state index is 9.08. The molecule has 0 fully saturated rings. The fourth-order valence-corrected chi connectivity index (χ4v) is 2.03. The summed E-state index contributed by atoms with van der Waals surface area (Å²) in [6.45, 7) is 8.17. The van der Waals surface area contributed by atoms with Crippen molar-refractivity contribution in [3.63, 3.8) is 0 Å². The fourth-order valence-electron chi connectivity index (χ4n) is 1.85. The molecule has 1 aromatic carbocycles. The first-order valence-electron chi connectivity index (χ1n) is 8.14. The van der Waals surface area contributed by atoms with Gasteiger partial charge in [-0.1, -0.05) is 37.6 Å². The molecule has 0 saturated heterocycles. The summed E-state index contributed by atoms with van der Waals surface area (Å²) in [7, 11) is 0. The number of guanidine groups is 1. The smallest absolute Gasteiger partial charge is 0.191 e. The minimum atomic E-state index is -0.00554. The van der Waals surface area contributed by atoms with Gasteiger partial charge in [0.1, 0.15) is 11.9 Å². The van der Waals surface area contributed by atoms with Gasteiger partial charge < -0.3 is 20.5 Å². The second-order valence-corrected chi connectivity index (χ2v) is 5.87. The number of hydrogen-bond acceptors (Lipinski definition) is 3. The molecule has 0 heterocycles. The van der Waals surface area contributed by atoms with Gasteiger partial charge in [-0.25, -0.2) is 0 Å².